The van der Waals surface area contributed by atoms with Gasteiger partial charge in [-0.1, -0.05) is 34.4 Å². The van der Waals surface area contributed by atoms with E-state index in [4.69, 9.17) is 32.5 Å². The molecule has 2 unspecified atom stereocenters. The maximum absolute atomic E-state index is 14.7. The number of carboxylic acids is 1. The predicted octanol–water partition coefficient (Wildman–Crippen LogP) is 6.92. The summed E-state index contributed by atoms with van der Waals surface area (Å²) in [5.41, 5.74) is -1.27. The Morgan fingerprint density at radius 3 is 2.49 bits per heavy atom. The number of fused-ring (bicyclic) bond motifs is 3. The van der Waals surface area contributed by atoms with Crippen molar-refractivity contribution in [2.24, 2.45) is 11.8 Å². The highest BCUT2D eigenvalue weighted by Crippen LogP contribution is 2.57. The fraction of sp³-hybridized carbons (Fsp3) is 0.414. The molecule has 0 amide bonds. The summed E-state index contributed by atoms with van der Waals surface area (Å²) in [6.07, 6.45) is 2.37. The maximum Gasteiger partial charge on any atom is 0.335 e. The van der Waals surface area contributed by atoms with Crippen LogP contribution in [0.1, 0.15) is 66.2 Å². The molecule has 0 spiro atoms. The topological polar surface area (TPSA) is 126 Å². The highest BCUT2D eigenvalue weighted by Gasteiger charge is 2.56. The standard InChI is InChI=1S/C29H27Cl2FN2O6S/c1-28(2,37)25-17(23(34-40-25)22-18(30)4-3-5-19(22)31)12-39-16-10-14-6-7-15(11-16)29(14,38)27-33-24-20(32)8-13(26(35)36)9-21(24)41-27/h3-5,8-9,14-16,37-38H,6-7,10-12H2,1-2H3,(H,35,36)/t14-,15+,16?,29?. The molecule has 2 aromatic heterocycles. The van der Waals surface area contributed by atoms with Gasteiger partial charge in [0.2, 0.25) is 0 Å². The monoisotopic (exact) mass is 620 g/mol. The van der Waals surface area contributed by atoms with Crippen molar-refractivity contribution in [3.8, 4) is 11.3 Å². The Morgan fingerprint density at radius 1 is 1.22 bits per heavy atom. The van der Waals surface area contributed by atoms with E-state index in [1.807, 2.05) is 0 Å². The van der Waals surface area contributed by atoms with E-state index in [1.165, 1.54) is 6.07 Å². The number of aromatic carboxylic acids is 1. The van der Waals surface area contributed by atoms with Crippen molar-refractivity contribution >= 4 is 50.7 Å². The Kier molecular flexibility index (Phi) is 7.16. The lowest BCUT2D eigenvalue weighted by molar-refractivity contribution is -0.116. The summed E-state index contributed by atoms with van der Waals surface area (Å²) in [7, 11) is 0. The first-order valence-electron chi connectivity index (χ1n) is 13.2. The lowest BCUT2D eigenvalue weighted by Crippen LogP contribution is -2.44. The number of hydrogen-bond acceptors (Lipinski definition) is 8. The zero-order valence-corrected chi connectivity index (χ0v) is 24.5. The average molecular weight is 622 g/mol. The highest BCUT2D eigenvalue weighted by atomic mass is 35.5. The summed E-state index contributed by atoms with van der Waals surface area (Å²) >= 11 is 14.0. The third-order valence-corrected chi connectivity index (χ3v) is 10.0. The number of carbonyl (C=O) groups is 1. The normalized spacial score (nSPS) is 24.3. The fourth-order valence-corrected chi connectivity index (χ4v) is 8.16. The van der Waals surface area contributed by atoms with Crippen LogP contribution in [0, 0.1) is 17.7 Å². The number of benzene rings is 2. The van der Waals surface area contributed by atoms with Gasteiger partial charge in [0.05, 0.1) is 38.6 Å². The first kappa shape index (κ1) is 28.5. The second-order valence-electron chi connectivity index (χ2n) is 11.3. The molecule has 2 bridgehead atoms. The van der Waals surface area contributed by atoms with Crippen molar-refractivity contribution in [3.63, 3.8) is 0 Å². The number of ether oxygens (including phenoxy) is 1. The van der Waals surface area contributed by atoms with Crippen LogP contribution in [0.25, 0.3) is 21.5 Å². The molecule has 2 saturated carbocycles. The van der Waals surface area contributed by atoms with Crippen molar-refractivity contribution in [2.75, 3.05) is 0 Å². The molecule has 216 valence electrons. The van der Waals surface area contributed by atoms with Crippen molar-refractivity contribution in [1.29, 1.82) is 0 Å². The second kappa shape index (κ2) is 10.3. The van der Waals surface area contributed by atoms with Gasteiger partial charge in [0.1, 0.15) is 27.4 Å². The molecule has 4 atom stereocenters. The van der Waals surface area contributed by atoms with Crippen LogP contribution in [0.2, 0.25) is 10.0 Å². The number of hydrogen-bond donors (Lipinski definition) is 3. The lowest BCUT2D eigenvalue weighted by atomic mass is 9.73. The molecule has 6 rings (SSSR count). The molecule has 0 aliphatic heterocycles. The first-order valence-corrected chi connectivity index (χ1v) is 14.8. The molecular weight excluding hydrogens is 594 g/mol. The van der Waals surface area contributed by atoms with Gasteiger partial charge in [-0.2, -0.15) is 0 Å². The van der Waals surface area contributed by atoms with Gasteiger partial charge in [-0.3, -0.25) is 0 Å². The van der Waals surface area contributed by atoms with E-state index in [1.54, 1.807) is 32.0 Å². The van der Waals surface area contributed by atoms with E-state index >= 15 is 0 Å². The van der Waals surface area contributed by atoms with Gasteiger partial charge in [-0.15, -0.1) is 11.3 Å². The Bertz CT molecular complexity index is 1630. The number of thiazole rings is 1. The third-order valence-electron chi connectivity index (χ3n) is 8.25. The predicted molar refractivity (Wildman–Crippen MR) is 152 cm³/mol. The van der Waals surface area contributed by atoms with E-state index in [2.05, 4.69) is 10.1 Å². The molecule has 2 aromatic carbocycles. The van der Waals surface area contributed by atoms with E-state index in [0.717, 1.165) is 30.2 Å². The first-order chi connectivity index (χ1) is 19.4. The molecule has 0 saturated heterocycles. The zero-order valence-electron chi connectivity index (χ0n) is 22.2. The van der Waals surface area contributed by atoms with E-state index in [9.17, 15) is 24.5 Å². The number of carboxylic acid groups (broad SMARTS) is 1. The third kappa shape index (κ3) is 4.84. The molecule has 2 heterocycles. The summed E-state index contributed by atoms with van der Waals surface area (Å²) < 4.78 is 27.0. The van der Waals surface area contributed by atoms with Gasteiger partial charge in [0.25, 0.3) is 0 Å². The van der Waals surface area contributed by atoms with Crippen LogP contribution in [0.4, 0.5) is 4.39 Å². The average Bonchev–Trinajstić information content (AvgIpc) is 3.55. The summed E-state index contributed by atoms with van der Waals surface area (Å²) in [5.74, 6) is -2.06. The largest absolute Gasteiger partial charge is 0.478 e. The van der Waals surface area contributed by atoms with Crippen LogP contribution in [-0.4, -0.2) is 37.5 Å². The molecule has 4 aromatic rings. The number of aromatic nitrogens is 2. The highest BCUT2D eigenvalue weighted by molar-refractivity contribution is 7.18. The number of rotatable bonds is 7. The van der Waals surface area contributed by atoms with Gasteiger partial charge in [0.15, 0.2) is 11.6 Å². The summed E-state index contributed by atoms with van der Waals surface area (Å²) in [5, 5.41) is 37.4. The van der Waals surface area contributed by atoms with Crippen LogP contribution in [0.3, 0.4) is 0 Å². The Labute approximate surface area is 248 Å². The zero-order chi connectivity index (χ0) is 29.3. The Hall–Kier alpha value is -2.60. The van der Waals surface area contributed by atoms with Crippen molar-refractivity contribution < 1.29 is 33.8 Å². The van der Waals surface area contributed by atoms with Crippen molar-refractivity contribution in [2.45, 2.75) is 63.4 Å². The number of halogens is 3. The van der Waals surface area contributed by atoms with E-state index in [-0.39, 0.29) is 41.4 Å². The molecule has 2 aliphatic rings. The van der Waals surface area contributed by atoms with E-state index in [0.29, 0.717) is 49.4 Å². The molecule has 8 nitrogen and oxygen atoms in total. The smallest absolute Gasteiger partial charge is 0.335 e. The summed E-state index contributed by atoms with van der Waals surface area (Å²) in [4.78, 5) is 15.8. The summed E-state index contributed by atoms with van der Waals surface area (Å²) in [6.45, 7) is 3.26. The Morgan fingerprint density at radius 2 is 1.88 bits per heavy atom. The van der Waals surface area contributed by atoms with Gasteiger partial charge in [-0.05, 0) is 75.6 Å². The SMILES string of the molecule is CC(C)(O)c1onc(-c2c(Cl)cccc2Cl)c1COC1C[C@H]2CC[C@@H](C1)C2(O)c1nc2c(F)cc(C(=O)O)cc2s1. The van der Waals surface area contributed by atoms with Crippen LogP contribution >= 0.6 is 34.5 Å². The molecule has 41 heavy (non-hydrogen) atoms. The molecule has 12 heteroatoms. The lowest BCUT2D eigenvalue weighted by Gasteiger charge is -2.41. The fourth-order valence-electron chi connectivity index (χ4n) is 6.32. The van der Waals surface area contributed by atoms with Crippen LogP contribution in [0.5, 0.6) is 0 Å². The summed E-state index contributed by atoms with van der Waals surface area (Å²) in [6, 6.07) is 7.47. The van der Waals surface area contributed by atoms with Gasteiger partial charge in [-0.25, -0.2) is 14.2 Å². The van der Waals surface area contributed by atoms with Crippen LogP contribution in [-0.2, 0) is 22.5 Å². The van der Waals surface area contributed by atoms with Gasteiger partial charge < -0.3 is 24.6 Å². The second-order valence-corrected chi connectivity index (χ2v) is 13.2. The minimum absolute atomic E-state index is 0.0681. The van der Waals surface area contributed by atoms with Gasteiger partial charge >= 0.3 is 5.97 Å². The maximum atomic E-state index is 14.7. The Balaban J connectivity index is 1.26. The molecule has 2 fully saturated rings. The van der Waals surface area contributed by atoms with Crippen LogP contribution in [0.15, 0.2) is 34.9 Å². The van der Waals surface area contributed by atoms with Crippen LogP contribution < -0.4 is 0 Å². The van der Waals surface area contributed by atoms with E-state index < -0.39 is 23.0 Å². The minimum atomic E-state index is -1.34. The quantitative estimate of drug-likeness (QED) is 0.203. The van der Waals surface area contributed by atoms with Crippen molar-refractivity contribution in [3.05, 3.63) is 68.1 Å². The van der Waals surface area contributed by atoms with Gasteiger partial charge in [0, 0.05) is 5.56 Å². The number of nitrogens with zero attached hydrogens (tertiary/aromatic N) is 2. The molecule has 2 aliphatic carbocycles. The minimum Gasteiger partial charge on any atom is -0.478 e. The molecule has 0 radical (unpaired) electrons. The molecular formula is C29H27Cl2FN2O6S. The van der Waals surface area contributed by atoms with Crippen molar-refractivity contribution in [1.82, 2.24) is 10.1 Å². The molecule has 3 N–H and O–H groups in total. The number of aliphatic hydroxyl groups is 2.